The fourth-order valence-corrected chi connectivity index (χ4v) is 1.55. The molecule has 0 radical (unpaired) electrons. The summed E-state index contributed by atoms with van der Waals surface area (Å²) in [5.74, 6) is -0.910. The van der Waals surface area contributed by atoms with Crippen molar-refractivity contribution >= 4 is 6.09 Å². The Balaban J connectivity index is 1.82. The molecule has 0 atom stereocenters. The number of aromatic hydroxyl groups is 1. The minimum Gasteiger partial charge on any atom is -0.493 e. The molecule has 20 heavy (non-hydrogen) atoms. The van der Waals surface area contributed by atoms with Crippen molar-refractivity contribution in [3.63, 3.8) is 0 Å². The number of nitrogens with one attached hydrogen (secondary N) is 1. The molecule has 2 rings (SSSR count). The van der Waals surface area contributed by atoms with E-state index in [4.69, 9.17) is 4.74 Å². The lowest BCUT2D eigenvalue weighted by Crippen LogP contribution is -2.23. The van der Waals surface area contributed by atoms with Crippen molar-refractivity contribution in [2.75, 3.05) is 0 Å². The van der Waals surface area contributed by atoms with Crippen LogP contribution in [0.1, 0.15) is 11.1 Å². The van der Waals surface area contributed by atoms with Crippen molar-refractivity contribution in [2.45, 2.75) is 13.2 Å². The normalized spacial score (nSPS) is 10.1. The largest absolute Gasteiger partial charge is 0.493 e. The van der Waals surface area contributed by atoms with Crippen LogP contribution >= 0.6 is 0 Å². The number of nitrogens with zero attached hydrogens (tertiary/aromatic N) is 1. The van der Waals surface area contributed by atoms with Gasteiger partial charge in [0.2, 0.25) is 5.88 Å². The molecular formula is C14H13FN2O3. The van der Waals surface area contributed by atoms with Crippen molar-refractivity contribution < 1.29 is 19.0 Å². The molecule has 0 bridgehead atoms. The molecule has 1 aromatic heterocycles. The first kappa shape index (κ1) is 13.8. The van der Waals surface area contributed by atoms with E-state index < -0.39 is 11.9 Å². The highest BCUT2D eigenvalue weighted by Crippen LogP contribution is 2.13. The van der Waals surface area contributed by atoms with E-state index in [0.717, 1.165) is 17.8 Å². The van der Waals surface area contributed by atoms with Gasteiger partial charge in [-0.3, -0.25) is 0 Å². The summed E-state index contributed by atoms with van der Waals surface area (Å²) in [4.78, 5) is 14.9. The minimum absolute atomic E-state index is 0.0653. The SMILES string of the molecule is O=C(NCc1cc(F)cnc1O)OCc1ccccc1. The molecule has 0 aliphatic rings. The van der Waals surface area contributed by atoms with Gasteiger partial charge in [0.05, 0.1) is 12.7 Å². The van der Waals surface area contributed by atoms with Gasteiger partial charge in [0.25, 0.3) is 0 Å². The Hall–Kier alpha value is -2.63. The zero-order valence-electron chi connectivity index (χ0n) is 10.5. The molecule has 0 spiro atoms. The third-order valence-electron chi connectivity index (χ3n) is 2.55. The van der Waals surface area contributed by atoms with E-state index in [1.54, 1.807) is 0 Å². The van der Waals surface area contributed by atoms with Crippen LogP contribution in [0.3, 0.4) is 0 Å². The summed E-state index contributed by atoms with van der Waals surface area (Å²) >= 11 is 0. The maximum Gasteiger partial charge on any atom is 0.407 e. The number of hydrogen-bond donors (Lipinski definition) is 2. The number of aromatic nitrogens is 1. The molecule has 0 aliphatic heterocycles. The van der Waals surface area contributed by atoms with Crippen molar-refractivity contribution in [2.24, 2.45) is 0 Å². The van der Waals surface area contributed by atoms with E-state index in [1.807, 2.05) is 30.3 Å². The summed E-state index contributed by atoms with van der Waals surface area (Å²) in [6, 6.07) is 10.3. The summed E-state index contributed by atoms with van der Waals surface area (Å²) in [7, 11) is 0. The first-order valence-electron chi connectivity index (χ1n) is 5.93. The van der Waals surface area contributed by atoms with Gasteiger partial charge < -0.3 is 15.2 Å². The number of benzene rings is 1. The molecule has 5 nitrogen and oxygen atoms in total. The first-order chi connectivity index (χ1) is 9.65. The number of pyridine rings is 1. The number of amides is 1. The van der Waals surface area contributed by atoms with Crippen molar-refractivity contribution in [1.82, 2.24) is 10.3 Å². The second-order valence-corrected chi connectivity index (χ2v) is 4.05. The predicted octanol–water partition coefficient (Wildman–Crippen LogP) is 2.35. The van der Waals surface area contributed by atoms with Crippen LogP contribution in [0.2, 0.25) is 0 Å². The lowest BCUT2D eigenvalue weighted by Gasteiger charge is -2.08. The topological polar surface area (TPSA) is 71.5 Å². The number of alkyl carbamates (subject to hydrolysis) is 1. The molecule has 2 aromatic rings. The van der Waals surface area contributed by atoms with E-state index in [1.165, 1.54) is 0 Å². The molecule has 0 fully saturated rings. The number of carbonyl (C=O) groups is 1. The Kier molecular flexibility index (Phi) is 4.49. The smallest absolute Gasteiger partial charge is 0.407 e. The second kappa shape index (κ2) is 6.51. The first-order valence-corrected chi connectivity index (χ1v) is 5.93. The maximum absolute atomic E-state index is 12.9. The third kappa shape index (κ3) is 3.94. The van der Waals surface area contributed by atoms with Crippen molar-refractivity contribution in [1.29, 1.82) is 0 Å². The zero-order valence-corrected chi connectivity index (χ0v) is 10.5. The van der Waals surface area contributed by atoms with Crippen molar-refractivity contribution in [3.8, 4) is 5.88 Å². The summed E-state index contributed by atoms with van der Waals surface area (Å²) in [5.41, 5.74) is 1.04. The molecule has 1 aromatic carbocycles. The van der Waals surface area contributed by atoms with Gasteiger partial charge >= 0.3 is 6.09 Å². The van der Waals surface area contributed by atoms with Gasteiger partial charge in [-0.2, -0.15) is 0 Å². The zero-order chi connectivity index (χ0) is 14.4. The number of carbonyl (C=O) groups excluding carboxylic acids is 1. The van der Waals surface area contributed by atoms with Crippen LogP contribution in [0.15, 0.2) is 42.6 Å². The number of halogens is 1. The summed E-state index contributed by atoms with van der Waals surface area (Å²) in [6.07, 6.45) is 0.240. The second-order valence-electron chi connectivity index (χ2n) is 4.05. The molecule has 104 valence electrons. The molecule has 0 aliphatic carbocycles. The number of rotatable bonds is 4. The van der Waals surface area contributed by atoms with Gasteiger partial charge in [-0.25, -0.2) is 14.2 Å². The Morgan fingerprint density at radius 3 is 2.85 bits per heavy atom. The molecule has 2 N–H and O–H groups in total. The molecule has 6 heteroatoms. The van der Waals surface area contributed by atoms with E-state index >= 15 is 0 Å². The number of hydrogen-bond acceptors (Lipinski definition) is 4. The minimum atomic E-state index is -0.655. The average molecular weight is 276 g/mol. The highest BCUT2D eigenvalue weighted by molar-refractivity contribution is 5.67. The van der Waals surface area contributed by atoms with E-state index in [-0.39, 0.29) is 24.6 Å². The van der Waals surface area contributed by atoms with Crippen LogP contribution in [-0.4, -0.2) is 16.2 Å². The molecular weight excluding hydrogens is 263 g/mol. The Labute approximate surface area is 115 Å². The van der Waals surface area contributed by atoms with Gasteiger partial charge in [0, 0.05) is 5.56 Å². The Morgan fingerprint density at radius 2 is 2.10 bits per heavy atom. The Bertz CT molecular complexity index is 590. The maximum atomic E-state index is 12.9. The standard InChI is InChI=1S/C14H13FN2O3/c15-12-6-11(13(18)16-8-12)7-17-14(19)20-9-10-4-2-1-3-5-10/h1-6,8H,7,9H2,(H,16,18)(H,17,19). The molecule has 0 saturated carbocycles. The van der Waals surface area contributed by atoms with Gasteiger partial charge in [-0.05, 0) is 11.6 Å². The lowest BCUT2D eigenvalue weighted by atomic mass is 10.2. The number of ether oxygens (including phenoxy) is 1. The van der Waals surface area contributed by atoms with Crippen LogP contribution in [0.4, 0.5) is 9.18 Å². The predicted molar refractivity (Wildman–Crippen MR) is 69.3 cm³/mol. The van der Waals surface area contributed by atoms with Crippen LogP contribution < -0.4 is 5.32 Å². The highest BCUT2D eigenvalue weighted by Gasteiger charge is 2.07. The van der Waals surface area contributed by atoms with Gasteiger partial charge in [-0.1, -0.05) is 30.3 Å². The summed E-state index contributed by atoms with van der Waals surface area (Å²) in [5, 5.41) is 11.8. The quantitative estimate of drug-likeness (QED) is 0.899. The van der Waals surface area contributed by atoms with Crippen LogP contribution in [0.25, 0.3) is 0 Å². The van der Waals surface area contributed by atoms with Crippen molar-refractivity contribution in [3.05, 3.63) is 59.5 Å². The van der Waals surface area contributed by atoms with E-state index in [2.05, 4.69) is 10.3 Å². The fourth-order valence-electron chi connectivity index (χ4n) is 1.55. The summed E-state index contributed by atoms with van der Waals surface area (Å²) in [6.45, 7) is 0.0737. The molecule has 1 amide bonds. The van der Waals surface area contributed by atoms with E-state index in [9.17, 15) is 14.3 Å². The molecule has 0 saturated heterocycles. The van der Waals surface area contributed by atoms with Gasteiger partial charge in [0.1, 0.15) is 12.4 Å². The average Bonchev–Trinajstić information content (AvgIpc) is 2.47. The summed E-state index contributed by atoms with van der Waals surface area (Å²) < 4.78 is 17.9. The lowest BCUT2D eigenvalue weighted by molar-refractivity contribution is 0.139. The Morgan fingerprint density at radius 1 is 1.35 bits per heavy atom. The fraction of sp³-hybridized carbons (Fsp3) is 0.143. The van der Waals surface area contributed by atoms with Crippen LogP contribution in [0.5, 0.6) is 5.88 Å². The van der Waals surface area contributed by atoms with E-state index in [0.29, 0.717) is 0 Å². The van der Waals surface area contributed by atoms with Crippen LogP contribution in [-0.2, 0) is 17.9 Å². The molecule has 0 unspecified atom stereocenters. The molecule has 1 heterocycles. The highest BCUT2D eigenvalue weighted by atomic mass is 19.1. The third-order valence-corrected chi connectivity index (χ3v) is 2.55. The van der Waals surface area contributed by atoms with Gasteiger partial charge in [-0.15, -0.1) is 0 Å². The van der Waals surface area contributed by atoms with Gasteiger partial charge in [0.15, 0.2) is 0 Å². The monoisotopic (exact) mass is 276 g/mol. The van der Waals surface area contributed by atoms with Crippen LogP contribution in [0, 0.1) is 5.82 Å².